The van der Waals surface area contributed by atoms with E-state index in [2.05, 4.69) is 23.5 Å². The highest BCUT2D eigenvalue weighted by Crippen LogP contribution is 2.40. The molecule has 100 valence electrons. The van der Waals surface area contributed by atoms with E-state index in [-0.39, 0.29) is 0 Å². The maximum absolute atomic E-state index is 5.41. The largest absolute Gasteiger partial charge is 0.496 e. The standard InChI is InChI=1S/C15H23NO2/c1-17-9-5-8-16-13-10-12(11-13)14-6-3-4-7-15(14)18-2/h3-4,6-7,12-13,16H,5,8-11H2,1-2H3. The fourth-order valence-corrected chi connectivity index (χ4v) is 2.56. The number of hydrogen-bond donors (Lipinski definition) is 1. The summed E-state index contributed by atoms with van der Waals surface area (Å²) >= 11 is 0. The zero-order valence-electron chi connectivity index (χ0n) is 11.3. The number of benzene rings is 1. The second-order valence-electron chi connectivity index (χ2n) is 4.91. The Morgan fingerprint density at radius 1 is 1.22 bits per heavy atom. The van der Waals surface area contributed by atoms with Crippen molar-refractivity contribution >= 4 is 0 Å². The van der Waals surface area contributed by atoms with E-state index < -0.39 is 0 Å². The van der Waals surface area contributed by atoms with Crippen LogP contribution in [0.3, 0.4) is 0 Å². The summed E-state index contributed by atoms with van der Waals surface area (Å²) in [5, 5.41) is 3.57. The molecule has 3 heteroatoms. The highest BCUT2D eigenvalue weighted by atomic mass is 16.5. The van der Waals surface area contributed by atoms with Crippen molar-refractivity contribution in [2.24, 2.45) is 0 Å². The lowest BCUT2D eigenvalue weighted by molar-refractivity contribution is 0.189. The van der Waals surface area contributed by atoms with Crippen LogP contribution >= 0.6 is 0 Å². The third kappa shape index (κ3) is 3.24. The topological polar surface area (TPSA) is 30.5 Å². The lowest BCUT2D eigenvalue weighted by Crippen LogP contribution is -2.40. The lowest BCUT2D eigenvalue weighted by atomic mass is 9.75. The van der Waals surface area contributed by atoms with Crippen molar-refractivity contribution in [3.05, 3.63) is 29.8 Å². The monoisotopic (exact) mass is 249 g/mol. The summed E-state index contributed by atoms with van der Waals surface area (Å²) in [6, 6.07) is 9.02. The molecule has 0 unspecified atom stereocenters. The van der Waals surface area contributed by atoms with Gasteiger partial charge >= 0.3 is 0 Å². The van der Waals surface area contributed by atoms with Crippen LogP contribution < -0.4 is 10.1 Å². The van der Waals surface area contributed by atoms with E-state index in [1.54, 1.807) is 14.2 Å². The fourth-order valence-electron chi connectivity index (χ4n) is 2.56. The van der Waals surface area contributed by atoms with E-state index in [1.165, 1.54) is 18.4 Å². The molecule has 2 rings (SSSR count). The maximum atomic E-state index is 5.41. The number of rotatable bonds is 7. The van der Waals surface area contributed by atoms with Crippen molar-refractivity contribution in [3.8, 4) is 5.75 Å². The summed E-state index contributed by atoms with van der Waals surface area (Å²) in [6.07, 6.45) is 3.52. The molecule has 1 aromatic rings. The van der Waals surface area contributed by atoms with E-state index in [4.69, 9.17) is 9.47 Å². The quantitative estimate of drug-likeness (QED) is 0.753. The summed E-state index contributed by atoms with van der Waals surface area (Å²) in [4.78, 5) is 0. The molecule has 1 N–H and O–H groups in total. The molecule has 18 heavy (non-hydrogen) atoms. The Morgan fingerprint density at radius 2 is 2.00 bits per heavy atom. The lowest BCUT2D eigenvalue weighted by Gasteiger charge is -2.37. The van der Waals surface area contributed by atoms with Crippen LogP contribution in [-0.4, -0.2) is 33.4 Å². The molecule has 0 spiro atoms. The molecule has 0 saturated heterocycles. The average molecular weight is 249 g/mol. The first-order chi connectivity index (χ1) is 8.85. The first kappa shape index (κ1) is 13.4. The molecule has 1 aliphatic carbocycles. The first-order valence-electron chi connectivity index (χ1n) is 6.70. The van der Waals surface area contributed by atoms with Gasteiger partial charge in [-0.1, -0.05) is 18.2 Å². The van der Waals surface area contributed by atoms with Gasteiger partial charge in [0.05, 0.1) is 7.11 Å². The Morgan fingerprint density at radius 3 is 2.72 bits per heavy atom. The predicted octanol–water partition coefficient (Wildman–Crippen LogP) is 2.57. The molecule has 0 aliphatic heterocycles. The summed E-state index contributed by atoms with van der Waals surface area (Å²) in [6.45, 7) is 1.90. The highest BCUT2D eigenvalue weighted by molar-refractivity contribution is 5.37. The SMILES string of the molecule is COCCCNC1CC(c2ccccc2OC)C1. The van der Waals surface area contributed by atoms with Crippen molar-refractivity contribution in [1.29, 1.82) is 0 Å². The van der Waals surface area contributed by atoms with Gasteiger partial charge in [-0.05, 0) is 43.4 Å². The Hall–Kier alpha value is -1.06. The minimum atomic E-state index is 0.654. The van der Waals surface area contributed by atoms with Crippen molar-refractivity contribution in [3.63, 3.8) is 0 Å². The van der Waals surface area contributed by atoms with Crippen LogP contribution in [0.4, 0.5) is 0 Å². The van der Waals surface area contributed by atoms with Crippen LogP contribution in [-0.2, 0) is 4.74 Å². The molecule has 3 nitrogen and oxygen atoms in total. The van der Waals surface area contributed by atoms with Crippen LogP contribution in [0.5, 0.6) is 5.75 Å². The second kappa shape index (κ2) is 6.76. The van der Waals surface area contributed by atoms with Gasteiger partial charge in [0.25, 0.3) is 0 Å². The zero-order chi connectivity index (χ0) is 12.8. The molecule has 1 fully saturated rings. The summed E-state index contributed by atoms with van der Waals surface area (Å²) in [5.41, 5.74) is 1.36. The van der Waals surface area contributed by atoms with Gasteiger partial charge in [-0.25, -0.2) is 0 Å². The van der Waals surface area contributed by atoms with Crippen LogP contribution in [0, 0.1) is 0 Å². The fraction of sp³-hybridized carbons (Fsp3) is 0.600. The minimum Gasteiger partial charge on any atom is -0.496 e. The van der Waals surface area contributed by atoms with Crippen molar-refractivity contribution < 1.29 is 9.47 Å². The number of para-hydroxylation sites is 1. The Balaban J connectivity index is 1.75. The number of ether oxygens (including phenoxy) is 2. The third-order valence-corrected chi connectivity index (χ3v) is 3.68. The molecular weight excluding hydrogens is 226 g/mol. The van der Waals surface area contributed by atoms with Gasteiger partial charge in [-0.15, -0.1) is 0 Å². The van der Waals surface area contributed by atoms with E-state index in [0.29, 0.717) is 12.0 Å². The molecule has 1 saturated carbocycles. The highest BCUT2D eigenvalue weighted by Gasteiger charge is 2.31. The normalized spacial score (nSPS) is 22.6. The average Bonchev–Trinajstić information content (AvgIpc) is 2.36. The third-order valence-electron chi connectivity index (χ3n) is 3.68. The number of methoxy groups -OCH3 is 2. The Labute approximate surface area is 109 Å². The smallest absolute Gasteiger partial charge is 0.122 e. The summed E-state index contributed by atoms with van der Waals surface area (Å²) in [5.74, 6) is 1.68. The van der Waals surface area contributed by atoms with E-state index >= 15 is 0 Å². The summed E-state index contributed by atoms with van der Waals surface area (Å²) in [7, 11) is 3.50. The molecule has 1 aromatic carbocycles. The molecule has 0 radical (unpaired) electrons. The van der Waals surface area contributed by atoms with Gasteiger partial charge in [0.15, 0.2) is 0 Å². The van der Waals surface area contributed by atoms with Gasteiger partial charge in [-0.3, -0.25) is 0 Å². The second-order valence-corrected chi connectivity index (χ2v) is 4.91. The zero-order valence-corrected chi connectivity index (χ0v) is 11.3. The van der Waals surface area contributed by atoms with Crippen LogP contribution in [0.2, 0.25) is 0 Å². The van der Waals surface area contributed by atoms with Gasteiger partial charge in [-0.2, -0.15) is 0 Å². The molecule has 0 aromatic heterocycles. The first-order valence-corrected chi connectivity index (χ1v) is 6.70. The molecular formula is C15H23NO2. The number of hydrogen-bond acceptors (Lipinski definition) is 3. The van der Waals surface area contributed by atoms with Crippen LogP contribution in [0.25, 0.3) is 0 Å². The van der Waals surface area contributed by atoms with Crippen molar-refractivity contribution in [1.82, 2.24) is 5.32 Å². The van der Waals surface area contributed by atoms with Crippen molar-refractivity contribution in [2.75, 3.05) is 27.4 Å². The Kier molecular flexibility index (Phi) is 5.02. The van der Waals surface area contributed by atoms with Gasteiger partial charge in [0.1, 0.15) is 5.75 Å². The van der Waals surface area contributed by atoms with Crippen LogP contribution in [0.15, 0.2) is 24.3 Å². The molecule has 0 heterocycles. The molecule has 0 atom stereocenters. The summed E-state index contributed by atoms with van der Waals surface area (Å²) < 4.78 is 10.5. The van der Waals surface area contributed by atoms with E-state index in [9.17, 15) is 0 Å². The predicted molar refractivity (Wildman–Crippen MR) is 73.3 cm³/mol. The van der Waals surface area contributed by atoms with E-state index in [1.807, 2.05) is 6.07 Å². The van der Waals surface area contributed by atoms with Crippen LogP contribution in [0.1, 0.15) is 30.7 Å². The molecule has 0 amide bonds. The van der Waals surface area contributed by atoms with E-state index in [0.717, 1.165) is 25.3 Å². The molecule has 0 bridgehead atoms. The van der Waals surface area contributed by atoms with Crippen molar-refractivity contribution in [2.45, 2.75) is 31.2 Å². The van der Waals surface area contributed by atoms with Gasteiger partial charge in [0.2, 0.25) is 0 Å². The van der Waals surface area contributed by atoms with Gasteiger partial charge < -0.3 is 14.8 Å². The maximum Gasteiger partial charge on any atom is 0.122 e. The molecule has 1 aliphatic rings. The number of nitrogens with one attached hydrogen (secondary N) is 1. The Bertz CT molecular complexity index is 361. The minimum absolute atomic E-state index is 0.654. The van der Waals surface area contributed by atoms with Gasteiger partial charge in [0, 0.05) is 19.8 Å².